The first-order valence-electron chi connectivity index (χ1n) is 7.28. The molecule has 2 aliphatic rings. The second-order valence-corrected chi connectivity index (χ2v) is 6.08. The van der Waals surface area contributed by atoms with E-state index in [9.17, 15) is 0 Å². The van der Waals surface area contributed by atoms with Gasteiger partial charge in [-0.1, -0.05) is 13.8 Å². The van der Waals surface area contributed by atoms with Crippen LogP contribution in [0, 0.1) is 5.92 Å². The number of piperidine rings is 1. The van der Waals surface area contributed by atoms with Crippen LogP contribution in [0.4, 0.5) is 5.82 Å². The molecule has 1 saturated heterocycles. The van der Waals surface area contributed by atoms with Gasteiger partial charge in [-0.2, -0.15) is 5.10 Å². The molecule has 1 fully saturated rings. The Hall–Kier alpha value is -1.03. The summed E-state index contributed by atoms with van der Waals surface area (Å²) in [5.41, 5.74) is 2.81. The molecule has 4 heteroatoms. The third-order valence-corrected chi connectivity index (χ3v) is 4.36. The average Bonchev–Trinajstić information content (AvgIpc) is 2.73. The first-order chi connectivity index (χ1) is 8.74. The Morgan fingerprint density at radius 2 is 2.00 bits per heavy atom. The Bertz CT molecular complexity index is 406. The van der Waals surface area contributed by atoms with Crippen molar-refractivity contribution >= 4 is 5.82 Å². The molecular formula is C14H24N4. The van der Waals surface area contributed by atoms with E-state index in [0.717, 1.165) is 31.2 Å². The van der Waals surface area contributed by atoms with Crippen molar-refractivity contribution < 1.29 is 0 Å². The summed E-state index contributed by atoms with van der Waals surface area (Å²) in [6, 6.07) is 0.588. The van der Waals surface area contributed by atoms with Crippen LogP contribution in [0.1, 0.15) is 50.3 Å². The lowest BCUT2D eigenvalue weighted by Gasteiger charge is -2.27. The van der Waals surface area contributed by atoms with Crippen LogP contribution in [0.15, 0.2) is 0 Å². The van der Waals surface area contributed by atoms with Crippen molar-refractivity contribution in [1.82, 2.24) is 15.5 Å². The molecular weight excluding hydrogens is 224 g/mol. The van der Waals surface area contributed by atoms with Gasteiger partial charge in [0.25, 0.3) is 0 Å². The molecule has 2 atom stereocenters. The molecule has 0 amide bonds. The predicted octanol–water partition coefficient (Wildman–Crippen LogP) is 2.26. The number of hydrogen-bond donors (Lipinski definition) is 3. The summed E-state index contributed by atoms with van der Waals surface area (Å²) in [7, 11) is 0. The highest BCUT2D eigenvalue weighted by molar-refractivity contribution is 5.50. The van der Waals surface area contributed by atoms with Gasteiger partial charge in [0.1, 0.15) is 0 Å². The van der Waals surface area contributed by atoms with Crippen molar-refractivity contribution in [2.75, 3.05) is 18.4 Å². The van der Waals surface area contributed by atoms with Crippen LogP contribution in [0.3, 0.4) is 0 Å². The third kappa shape index (κ3) is 2.26. The maximum absolute atomic E-state index is 4.52. The number of hydrogen-bond acceptors (Lipinski definition) is 3. The summed E-state index contributed by atoms with van der Waals surface area (Å²) in [6.45, 7) is 6.91. The summed E-state index contributed by atoms with van der Waals surface area (Å²) in [4.78, 5) is 0. The molecule has 1 aliphatic heterocycles. The lowest BCUT2D eigenvalue weighted by Crippen LogP contribution is -2.35. The fourth-order valence-corrected chi connectivity index (χ4v) is 3.50. The van der Waals surface area contributed by atoms with Crippen LogP contribution in [-0.4, -0.2) is 29.3 Å². The number of fused-ring (bicyclic) bond motifs is 1. The fraction of sp³-hybridized carbons (Fsp3) is 0.786. The molecule has 0 saturated carbocycles. The Balaban J connectivity index is 1.77. The monoisotopic (exact) mass is 248 g/mol. The fourth-order valence-electron chi connectivity index (χ4n) is 3.50. The van der Waals surface area contributed by atoms with Crippen LogP contribution < -0.4 is 10.6 Å². The van der Waals surface area contributed by atoms with Crippen molar-refractivity contribution in [2.24, 2.45) is 5.92 Å². The Morgan fingerprint density at radius 3 is 2.78 bits per heavy atom. The molecule has 100 valence electrons. The van der Waals surface area contributed by atoms with Crippen LogP contribution in [0.5, 0.6) is 0 Å². The van der Waals surface area contributed by atoms with Crippen molar-refractivity contribution in [3.63, 3.8) is 0 Å². The summed E-state index contributed by atoms with van der Waals surface area (Å²) < 4.78 is 0. The lowest BCUT2D eigenvalue weighted by atomic mass is 9.81. The van der Waals surface area contributed by atoms with Gasteiger partial charge in [-0.25, -0.2) is 0 Å². The summed E-state index contributed by atoms with van der Waals surface area (Å²) in [5.74, 6) is 2.53. The zero-order chi connectivity index (χ0) is 12.5. The predicted molar refractivity (Wildman–Crippen MR) is 74.0 cm³/mol. The maximum Gasteiger partial charge on any atom is 0.151 e. The Labute approximate surface area is 109 Å². The van der Waals surface area contributed by atoms with E-state index in [4.69, 9.17) is 0 Å². The van der Waals surface area contributed by atoms with Gasteiger partial charge in [0.15, 0.2) is 5.82 Å². The molecule has 0 radical (unpaired) electrons. The number of anilines is 1. The van der Waals surface area contributed by atoms with Crippen LogP contribution in [0.2, 0.25) is 0 Å². The average molecular weight is 248 g/mol. The van der Waals surface area contributed by atoms with E-state index in [1.807, 2.05) is 0 Å². The molecule has 2 unspecified atom stereocenters. The highest BCUT2D eigenvalue weighted by Gasteiger charge is 2.27. The normalized spacial score (nSPS) is 29.0. The smallest absolute Gasteiger partial charge is 0.151 e. The summed E-state index contributed by atoms with van der Waals surface area (Å²) in [5, 5.41) is 14.8. The van der Waals surface area contributed by atoms with Crippen molar-refractivity contribution in [3.8, 4) is 0 Å². The molecule has 0 bridgehead atoms. The molecule has 1 aromatic heterocycles. The van der Waals surface area contributed by atoms with E-state index in [1.54, 1.807) is 0 Å². The van der Waals surface area contributed by atoms with Gasteiger partial charge < -0.3 is 10.6 Å². The van der Waals surface area contributed by atoms with E-state index >= 15 is 0 Å². The molecule has 2 heterocycles. The van der Waals surface area contributed by atoms with Gasteiger partial charge in [-0.15, -0.1) is 0 Å². The molecule has 3 N–H and O–H groups in total. The largest absolute Gasteiger partial charge is 0.366 e. The summed E-state index contributed by atoms with van der Waals surface area (Å²) in [6.07, 6.45) is 4.84. The summed E-state index contributed by atoms with van der Waals surface area (Å²) >= 11 is 0. The first kappa shape index (κ1) is 12.0. The number of rotatable bonds is 2. The minimum absolute atomic E-state index is 0.588. The third-order valence-electron chi connectivity index (χ3n) is 4.36. The number of H-pyrrole nitrogens is 1. The zero-order valence-corrected chi connectivity index (χ0v) is 11.4. The number of nitrogens with one attached hydrogen (secondary N) is 3. The van der Waals surface area contributed by atoms with Gasteiger partial charge >= 0.3 is 0 Å². The van der Waals surface area contributed by atoms with Gasteiger partial charge in [0.2, 0.25) is 0 Å². The molecule has 4 nitrogen and oxygen atoms in total. The maximum atomic E-state index is 4.52. The first-order valence-corrected chi connectivity index (χ1v) is 7.28. The number of aromatic amines is 1. The molecule has 1 aromatic rings. The Kier molecular flexibility index (Phi) is 3.29. The number of aromatic nitrogens is 2. The van der Waals surface area contributed by atoms with Gasteiger partial charge in [-0.05, 0) is 50.6 Å². The second kappa shape index (κ2) is 4.92. The van der Waals surface area contributed by atoms with E-state index in [1.165, 1.54) is 30.5 Å². The number of nitrogens with zero attached hydrogens (tertiary/aromatic N) is 1. The quantitative estimate of drug-likeness (QED) is 0.752. The van der Waals surface area contributed by atoms with Crippen molar-refractivity contribution in [1.29, 1.82) is 0 Å². The van der Waals surface area contributed by atoms with Crippen LogP contribution in [0.25, 0.3) is 0 Å². The molecule has 18 heavy (non-hydrogen) atoms. The lowest BCUT2D eigenvalue weighted by molar-refractivity contribution is 0.445. The minimum atomic E-state index is 0.588. The highest BCUT2D eigenvalue weighted by Crippen LogP contribution is 2.37. The minimum Gasteiger partial charge on any atom is -0.366 e. The molecule has 0 spiro atoms. The van der Waals surface area contributed by atoms with Gasteiger partial charge in [0.05, 0.1) is 0 Å². The van der Waals surface area contributed by atoms with E-state index in [0.29, 0.717) is 12.0 Å². The molecule has 1 aliphatic carbocycles. The molecule has 3 rings (SSSR count). The molecule has 0 aromatic carbocycles. The SMILES string of the molecule is CC1Cc2[nH]nc(NC3CCNCC3)c2C(C)C1. The standard InChI is InChI=1S/C14H24N4/c1-9-7-10(2)13-12(8-9)17-18-14(13)16-11-3-5-15-6-4-11/h9-11,15H,3-8H2,1-2H3,(H2,16,17,18). The Morgan fingerprint density at radius 1 is 1.22 bits per heavy atom. The van der Waals surface area contributed by atoms with Crippen molar-refractivity contribution in [3.05, 3.63) is 11.3 Å². The van der Waals surface area contributed by atoms with Crippen LogP contribution >= 0.6 is 0 Å². The topological polar surface area (TPSA) is 52.7 Å². The van der Waals surface area contributed by atoms with E-state index < -0.39 is 0 Å². The zero-order valence-electron chi connectivity index (χ0n) is 11.4. The van der Waals surface area contributed by atoms with E-state index in [2.05, 4.69) is 34.7 Å². The van der Waals surface area contributed by atoms with Crippen LogP contribution in [-0.2, 0) is 6.42 Å². The van der Waals surface area contributed by atoms with E-state index in [-0.39, 0.29) is 0 Å². The highest BCUT2D eigenvalue weighted by atomic mass is 15.2. The second-order valence-electron chi connectivity index (χ2n) is 6.08. The van der Waals surface area contributed by atoms with Gasteiger partial charge in [-0.3, -0.25) is 5.10 Å². The van der Waals surface area contributed by atoms with Gasteiger partial charge in [0, 0.05) is 17.3 Å². The van der Waals surface area contributed by atoms with Crippen molar-refractivity contribution in [2.45, 2.75) is 51.5 Å².